The van der Waals surface area contributed by atoms with Crippen LogP contribution in [0, 0.1) is 34.5 Å². The fourth-order valence-corrected chi connectivity index (χ4v) is 8.12. The van der Waals surface area contributed by atoms with Crippen molar-refractivity contribution >= 4 is 0 Å². The van der Waals surface area contributed by atoms with Gasteiger partial charge in [0, 0.05) is 6.04 Å². The molecule has 146 valence electrons. The van der Waals surface area contributed by atoms with Crippen molar-refractivity contribution in [1.82, 2.24) is 0 Å². The van der Waals surface area contributed by atoms with Gasteiger partial charge in [-0.2, -0.15) is 0 Å². The number of rotatable bonds is 0. The average Bonchev–Trinajstić information content (AvgIpc) is 3.05. The van der Waals surface area contributed by atoms with Crippen molar-refractivity contribution in [2.75, 3.05) is 0 Å². The molecule has 4 saturated carbocycles. The van der Waals surface area contributed by atoms with Crippen LogP contribution in [0.3, 0.4) is 0 Å². The highest BCUT2D eigenvalue weighted by Crippen LogP contribution is 2.69. The molecule has 2 N–H and O–H groups in total. The van der Waals surface area contributed by atoms with Crippen molar-refractivity contribution in [1.29, 1.82) is 0 Å². The van der Waals surface area contributed by atoms with Gasteiger partial charge in [0.05, 0.1) is 12.2 Å². The molecule has 0 aromatic heterocycles. The molecule has 26 heavy (non-hydrogen) atoms. The molecule has 0 aromatic rings. The van der Waals surface area contributed by atoms with Crippen LogP contribution < -0.4 is 5.73 Å². The molecule has 0 amide bonds. The summed E-state index contributed by atoms with van der Waals surface area (Å²) in [6.07, 6.45) is 9.15. The molecule has 0 aromatic carbocycles. The molecule has 5 rings (SSSR count). The first-order valence-corrected chi connectivity index (χ1v) is 11.0. The first-order valence-electron chi connectivity index (χ1n) is 11.0. The van der Waals surface area contributed by atoms with Crippen molar-refractivity contribution in [2.45, 2.75) is 96.7 Å². The van der Waals surface area contributed by atoms with Crippen molar-refractivity contribution in [3.63, 3.8) is 0 Å². The number of fused-ring (bicyclic) bond motifs is 8. The van der Waals surface area contributed by atoms with E-state index >= 15 is 0 Å². The van der Waals surface area contributed by atoms with Crippen LogP contribution in [0.15, 0.2) is 12.2 Å². The summed E-state index contributed by atoms with van der Waals surface area (Å²) in [4.78, 5) is 0. The monoisotopic (exact) mass is 359 g/mol. The summed E-state index contributed by atoms with van der Waals surface area (Å²) in [6, 6.07) is 0.331. The number of nitrogens with two attached hydrogens (primary N) is 1. The summed E-state index contributed by atoms with van der Waals surface area (Å²) in [5.41, 5.74) is 8.60. The van der Waals surface area contributed by atoms with E-state index in [1.165, 1.54) is 44.1 Å². The van der Waals surface area contributed by atoms with E-state index in [9.17, 15) is 0 Å². The minimum absolute atomic E-state index is 0.221. The molecule has 0 bridgehead atoms. The number of ether oxygens (including phenoxy) is 2. The maximum absolute atomic E-state index is 6.65. The standard InChI is InChI=1S/C23H37NO2/c1-13-6-7-15-18-16(9-11-22(13,15)4)23(5)10-8-14(24)12-17(23)19-20(18)26-21(2,3)25-19/h14-20H,1,6-12,24H2,2-5H3/t14-,15?,16?,17?,18?,19+,20+,22+,23+/m0/s1. The lowest BCUT2D eigenvalue weighted by Crippen LogP contribution is -2.63. The molecule has 3 nitrogen and oxygen atoms in total. The zero-order valence-corrected chi connectivity index (χ0v) is 17.1. The zero-order chi connectivity index (χ0) is 18.5. The number of allylic oxidation sites excluding steroid dienone is 1. The highest BCUT2D eigenvalue weighted by molar-refractivity contribution is 5.23. The topological polar surface area (TPSA) is 44.5 Å². The normalized spacial score (nSPS) is 57.9. The van der Waals surface area contributed by atoms with Crippen molar-refractivity contribution < 1.29 is 9.47 Å². The average molecular weight is 360 g/mol. The van der Waals surface area contributed by atoms with E-state index in [4.69, 9.17) is 15.2 Å². The summed E-state index contributed by atoms with van der Waals surface area (Å²) >= 11 is 0. The van der Waals surface area contributed by atoms with Gasteiger partial charge < -0.3 is 15.2 Å². The molecular formula is C23H37NO2. The van der Waals surface area contributed by atoms with Gasteiger partial charge in [-0.05, 0) is 93.3 Å². The molecule has 0 spiro atoms. The lowest BCUT2D eigenvalue weighted by molar-refractivity contribution is -0.173. The quantitative estimate of drug-likeness (QED) is 0.640. The Labute approximate surface area is 159 Å². The highest BCUT2D eigenvalue weighted by Gasteiger charge is 2.67. The third-order valence-electron chi connectivity index (χ3n) is 9.53. The van der Waals surface area contributed by atoms with Crippen LogP contribution in [-0.2, 0) is 9.47 Å². The SMILES string of the molecule is C=C1CCC2C3C(CC[C@]12C)[C@@]1(C)CC[C@H](N)CC1[C@H]1OC(C)(C)O[C@H]31. The third-order valence-corrected chi connectivity index (χ3v) is 9.53. The molecule has 5 aliphatic rings. The van der Waals surface area contributed by atoms with Gasteiger partial charge in [0.2, 0.25) is 0 Å². The zero-order valence-electron chi connectivity index (χ0n) is 17.1. The van der Waals surface area contributed by atoms with Crippen molar-refractivity contribution in [3.8, 4) is 0 Å². The molecule has 9 atom stereocenters. The number of hydrogen-bond acceptors (Lipinski definition) is 3. The minimum atomic E-state index is -0.462. The van der Waals surface area contributed by atoms with E-state index in [1.54, 1.807) is 0 Å². The molecule has 5 fully saturated rings. The van der Waals surface area contributed by atoms with Gasteiger partial charge in [-0.15, -0.1) is 0 Å². The maximum Gasteiger partial charge on any atom is 0.163 e. The van der Waals surface area contributed by atoms with E-state index in [0.717, 1.165) is 12.3 Å². The van der Waals surface area contributed by atoms with Crippen molar-refractivity contribution in [2.24, 2.45) is 40.2 Å². The predicted molar refractivity (Wildman–Crippen MR) is 103 cm³/mol. The van der Waals surface area contributed by atoms with Crippen molar-refractivity contribution in [3.05, 3.63) is 12.2 Å². The van der Waals surface area contributed by atoms with E-state index < -0.39 is 5.79 Å². The molecular weight excluding hydrogens is 322 g/mol. The second-order valence-corrected chi connectivity index (χ2v) is 11.1. The lowest BCUT2D eigenvalue weighted by Gasteiger charge is -2.63. The molecule has 1 aliphatic heterocycles. The van der Waals surface area contributed by atoms with E-state index in [2.05, 4.69) is 34.3 Å². The van der Waals surface area contributed by atoms with E-state index in [1.807, 2.05) is 0 Å². The summed E-state index contributed by atoms with van der Waals surface area (Å²) in [5, 5.41) is 0. The molecule has 4 unspecified atom stereocenters. The van der Waals surface area contributed by atoms with Crippen LogP contribution in [0.1, 0.15) is 72.6 Å². The first kappa shape index (κ1) is 17.7. The Morgan fingerprint density at radius 1 is 0.923 bits per heavy atom. The highest BCUT2D eigenvalue weighted by atomic mass is 16.8. The first-order chi connectivity index (χ1) is 12.2. The van der Waals surface area contributed by atoms with Crippen LogP contribution in [0.25, 0.3) is 0 Å². The molecule has 0 radical (unpaired) electrons. The van der Waals surface area contributed by atoms with Gasteiger partial charge in [0.25, 0.3) is 0 Å². The van der Waals surface area contributed by atoms with Crippen LogP contribution in [0.5, 0.6) is 0 Å². The largest absolute Gasteiger partial charge is 0.344 e. The Kier molecular flexibility index (Phi) is 3.65. The predicted octanol–water partition coefficient (Wildman–Crippen LogP) is 4.65. The maximum atomic E-state index is 6.65. The Morgan fingerprint density at radius 3 is 2.42 bits per heavy atom. The van der Waals surface area contributed by atoms with Gasteiger partial charge in [-0.25, -0.2) is 0 Å². The fourth-order valence-electron chi connectivity index (χ4n) is 8.12. The van der Waals surface area contributed by atoms with Crippen LogP contribution in [0.4, 0.5) is 0 Å². The second kappa shape index (κ2) is 5.36. The molecule has 1 heterocycles. The van der Waals surface area contributed by atoms with Gasteiger partial charge in [0.15, 0.2) is 5.79 Å². The molecule has 3 heteroatoms. The van der Waals surface area contributed by atoms with E-state index in [-0.39, 0.29) is 12.2 Å². The summed E-state index contributed by atoms with van der Waals surface area (Å²) in [6.45, 7) is 13.8. The van der Waals surface area contributed by atoms with Gasteiger partial charge in [-0.1, -0.05) is 26.0 Å². The Hall–Kier alpha value is -0.380. The summed E-state index contributed by atoms with van der Waals surface area (Å²) < 4.78 is 13.2. The number of hydrogen-bond donors (Lipinski definition) is 1. The van der Waals surface area contributed by atoms with Crippen LogP contribution in [-0.4, -0.2) is 24.0 Å². The summed E-state index contributed by atoms with van der Waals surface area (Å²) in [7, 11) is 0. The lowest BCUT2D eigenvalue weighted by atomic mass is 9.43. The second-order valence-electron chi connectivity index (χ2n) is 11.1. The van der Waals surface area contributed by atoms with Gasteiger partial charge in [0.1, 0.15) is 0 Å². The minimum Gasteiger partial charge on any atom is -0.344 e. The Balaban J connectivity index is 1.59. The van der Waals surface area contributed by atoms with E-state index in [0.29, 0.717) is 34.6 Å². The Bertz CT molecular complexity index is 630. The van der Waals surface area contributed by atoms with Gasteiger partial charge >= 0.3 is 0 Å². The molecule has 4 aliphatic carbocycles. The van der Waals surface area contributed by atoms with Crippen LogP contribution >= 0.6 is 0 Å². The Morgan fingerprint density at radius 2 is 1.65 bits per heavy atom. The smallest absolute Gasteiger partial charge is 0.163 e. The molecule has 1 saturated heterocycles. The summed E-state index contributed by atoms with van der Waals surface area (Å²) in [5.74, 6) is 2.18. The fraction of sp³-hybridized carbons (Fsp3) is 0.913. The third kappa shape index (κ3) is 2.17. The van der Waals surface area contributed by atoms with Crippen LogP contribution in [0.2, 0.25) is 0 Å². The van der Waals surface area contributed by atoms with Gasteiger partial charge in [-0.3, -0.25) is 0 Å².